The Morgan fingerprint density at radius 2 is 2.32 bits per heavy atom. The molecule has 3 nitrogen and oxygen atoms in total. The molecular weight excluding hydrogens is 290 g/mol. The molecule has 0 amide bonds. The normalized spacial score (nSPS) is 27.6. The van der Waals surface area contributed by atoms with Gasteiger partial charge < -0.3 is 9.88 Å². The van der Waals surface area contributed by atoms with Gasteiger partial charge in [-0.15, -0.1) is 11.8 Å². The standard InChI is InChI=1S/C18H21N3S/c1-21-10-11(6-7-19)8-13-12-4-3-5-15-17(12)14(9-16(13)21)18(20-15)22-2/h3-5,11,13,16,20H,6,8-10H2,1-2H3/t11-,13?,16-/m1/s1. The molecule has 2 aliphatic rings. The predicted octanol–water partition coefficient (Wildman–Crippen LogP) is 3.76. The number of hydrogen-bond acceptors (Lipinski definition) is 3. The van der Waals surface area contributed by atoms with Crippen molar-refractivity contribution >= 4 is 22.7 Å². The fraction of sp³-hybridized carbons (Fsp3) is 0.500. The second kappa shape index (κ2) is 5.33. The summed E-state index contributed by atoms with van der Waals surface area (Å²) >= 11 is 1.82. The van der Waals surface area contributed by atoms with Crippen LogP contribution in [0.1, 0.15) is 29.9 Å². The van der Waals surface area contributed by atoms with Crippen molar-refractivity contribution in [1.29, 1.82) is 5.26 Å². The van der Waals surface area contributed by atoms with Gasteiger partial charge in [0.1, 0.15) is 0 Å². The fourth-order valence-corrected chi connectivity index (χ4v) is 5.20. The number of piperidine rings is 1. The molecular formula is C18H21N3S. The van der Waals surface area contributed by atoms with E-state index in [1.807, 2.05) is 11.8 Å². The topological polar surface area (TPSA) is 42.8 Å². The fourth-order valence-electron chi connectivity index (χ4n) is 4.56. The lowest BCUT2D eigenvalue weighted by Crippen LogP contribution is -2.47. The van der Waals surface area contributed by atoms with E-state index in [-0.39, 0.29) is 0 Å². The van der Waals surface area contributed by atoms with Crippen LogP contribution in [-0.4, -0.2) is 35.8 Å². The lowest BCUT2D eigenvalue weighted by Gasteiger charge is -2.45. The monoisotopic (exact) mass is 311 g/mol. The summed E-state index contributed by atoms with van der Waals surface area (Å²) in [6.07, 6.45) is 5.12. The van der Waals surface area contributed by atoms with Gasteiger partial charge in [-0.1, -0.05) is 12.1 Å². The van der Waals surface area contributed by atoms with Gasteiger partial charge in [0.05, 0.1) is 11.1 Å². The van der Waals surface area contributed by atoms with Crippen molar-refractivity contribution in [3.8, 4) is 6.07 Å². The van der Waals surface area contributed by atoms with E-state index in [0.717, 1.165) is 19.4 Å². The average Bonchev–Trinajstić information content (AvgIpc) is 2.88. The van der Waals surface area contributed by atoms with Gasteiger partial charge in [-0.25, -0.2) is 0 Å². The minimum Gasteiger partial charge on any atom is -0.349 e. The minimum atomic E-state index is 0.506. The van der Waals surface area contributed by atoms with E-state index in [9.17, 15) is 0 Å². The van der Waals surface area contributed by atoms with E-state index in [0.29, 0.717) is 24.3 Å². The van der Waals surface area contributed by atoms with Crippen LogP contribution in [0.15, 0.2) is 23.2 Å². The number of likely N-dealkylation sites (tertiary alicyclic amines) is 1. The molecule has 3 atom stereocenters. The number of hydrogen-bond donors (Lipinski definition) is 1. The molecule has 1 fully saturated rings. The number of thioether (sulfide) groups is 1. The van der Waals surface area contributed by atoms with Crippen molar-refractivity contribution in [3.63, 3.8) is 0 Å². The second-order valence-electron chi connectivity index (χ2n) is 6.69. The second-order valence-corrected chi connectivity index (χ2v) is 7.50. The summed E-state index contributed by atoms with van der Waals surface area (Å²) in [7, 11) is 2.23. The number of benzene rings is 1. The summed E-state index contributed by atoms with van der Waals surface area (Å²) in [4.78, 5) is 6.09. The first-order valence-electron chi connectivity index (χ1n) is 7.97. The maximum Gasteiger partial charge on any atom is 0.0763 e. The quantitative estimate of drug-likeness (QED) is 0.859. The zero-order valence-electron chi connectivity index (χ0n) is 13.1. The van der Waals surface area contributed by atoms with E-state index in [2.05, 4.69) is 47.5 Å². The largest absolute Gasteiger partial charge is 0.349 e. The van der Waals surface area contributed by atoms with Gasteiger partial charge >= 0.3 is 0 Å². The summed E-state index contributed by atoms with van der Waals surface area (Å²) in [5.74, 6) is 1.07. The summed E-state index contributed by atoms with van der Waals surface area (Å²) in [6.45, 7) is 1.05. The molecule has 4 heteroatoms. The molecule has 0 bridgehead atoms. The van der Waals surface area contributed by atoms with Gasteiger partial charge in [0.2, 0.25) is 0 Å². The number of nitrogens with zero attached hydrogens (tertiary/aromatic N) is 2. The van der Waals surface area contributed by atoms with Crippen molar-refractivity contribution in [3.05, 3.63) is 29.3 Å². The van der Waals surface area contributed by atoms with Crippen LogP contribution in [0, 0.1) is 17.2 Å². The van der Waals surface area contributed by atoms with Gasteiger partial charge in [-0.05, 0) is 49.3 Å². The van der Waals surface area contributed by atoms with Gasteiger partial charge in [-0.3, -0.25) is 0 Å². The Bertz CT molecular complexity index is 758. The molecule has 0 radical (unpaired) electrons. The molecule has 4 rings (SSSR count). The number of aromatic amines is 1. The van der Waals surface area contributed by atoms with Crippen LogP contribution in [0.4, 0.5) is 0 Å². The summed E-state index contributed by atoms with van der Waals surface area (Å²) in [5, 5.41) is 11.9. The Labute approximate surface area is 135 Å². The average molecular weight is 311 g/mol. The number of fused-ring (bicyclic) bond motifs is 2. The predicted molar refractivity (Wildman–Crippen MR) is 91.3 cm³/mol. The van der Waals surface area contributed by atoms with Crippen molar-refractivity contribution in [2.45, 2.75) is 36.2 Å². The third kappa shape index (κ3) is 2.00. The number of nitrogens with one attached hydrogen (secondary N) is 1. The Morgan fingerprint density at radius 3 is 3.09 bits per heavy atom. The number of likely N-dealkylation sites (N-methyl/N-ethyl adjacent to an activating group) is 1. The molecule has 0 spiro atoms. The Kier molecular flexibility index (Phi) is 3.43. The first-order valence-corrected chi connectivity index (χ1v) is 9.20. The van der Waals surface area contributed by atoms with Crippen LogP contribution < -0.4 is 0 Å². The first-order chi connectivity index (χ1) is 10.7. The number of H-pyrrole nitrogens is 1. The van der Waals surface area contributed by atoms with Gasteiger partial charge in [0.15, 0.2) is 0 Å². The van der Waals surface area contributed by atoms with Crippen LogP contribution in [0.2, 0.25) is 0 Å². The SMILES string of the molecule is CSc1[nH]c2cccc3c2c1C[C@@H]1C3C[C@@H](CC#N)CN1C. The van der Waals surface area contributed by atoms with Gasteiger partial charge in [0.25, 0.3) is 0 Å². The van der Waals surface area contributed by atoms with Crippen molar-refractivity contribution in [2.24, 2.45) is 5.92 Å². The molecule has 1 saturated heterocycles. The molecule has 2 aromatic rings. The van der Waals surface area contributed by atoms with Gasteiger partial charge in [-0.2, -0.15) is 5.26 Å². The maximum absolute atomic E-state index is 9.07. The Hall–Kier alpha value is -1.44. The molecule has 1 aliphatic heterocycles. The number of nitriles is 1. The van der Waals surface area contributed by atoms with E-state index < -0.39 is 0 Å². The first kappa shape index (κ1) is 14.2. The van der Waals surface area contributed by atoms with E-state index in [1.165, 1.54) is 27.1 Å². The van der Waals surface area contributed by atoms with E-state index in [4.69, 9.17) is 5.26 Å². The lowest BCUT2D eigenvalue weighted by atomic mass is 9.72. The Morgan fingerprint density at radius 1 is 1.45 bits per heavy atom. The highest BCUT2D eigenvalue weighted by molar-refractivity contribution is 7.98. The molecule has 1 unspecified atom stereocenters. The highest BCUT2D eigenvalue weighted by atomic mass is 32.2. The van der Waals surface area contributed by atoms with Crippen molar-refractivity contribution < 1.29 is 0 Å². The summed E-state index contributed by atoms with van der Waals surface area (Å²) in [6, 6.07) is 9.64. The van der Waals surface area contributed by atoms with Crippen molar-refractivity contribution in [1.82, 2.24) is 9.88 Å². The summed E-state index contributed by atoms with van der Waals surface area (Å²) < 4.78 is 0. The molecule has 1 aliphatic carbocycles. The third-order valence-corrected chi connectivity index (χ3v) is 6.24. The van der Waals surface area contributed by atoms with Crippen LogP contribution >= 0.6 is 11.8 Å². The molecule has 1 N–H and O–H groups in total. The molecule has 1 aromatic carbocycles. The molecule has 0 saturated carbocycles. The molecule has 22 heavy (non-hydrogen) atoms. The highest BCUT2D eigenvalue weighted by Gasteiger charge is 2.40. The van der Waals surface area contributed by atoms with Crippen LogP contribution in [-0.2, 0) is 6.42 Å². The summed E-state index contributed by atoms with van der Waals surface area (Å²) in [5.41, 5.74) is 4.28. The zero-order valence-corrected chi connectivity index (χ0v) is 13.9. The zero-order chi connectivity index (χ0) is 15.3. The van der Waals surface area contributed by atoms with E-state index >= 15 is 0 Å². The Balaban J connectivity index is 1.84. The minimum absolute atomic E-state index is 0.506. The van der Waals surface area contributed by atoms with Crippen LogP contribution in [0.25, 0.3) is 10.9 Å². The smallest absolute Gasteiger partial charge is 0.0763 e. The number of aromatic nitrogens is 1. The van der Waals surface area contributed by atoms with Gasteiger partial charge in [0, 0.05) is 35.8 Å². The molecule has 2 heterocycles. The van der Waals surface area contributed by atoms with Crippen molar-refractivity contribution in [2.75, 3.05) is 19.8 Å². The highest BCUT2D eigenvalue weighted by Crippen LogP contribution is 2.46. The maximum atomic E-state index is 9.07. The number of rotatable bonds is 2. The van der Waals surface area contributed by atoms with E-state index in [1.54, 1.807) is 0 Å². The molecule has 114 valence electrons. The van der Waals surface area contributed by atoms with Crippen LogP contribution in [0.3, 0.4) is 0 Å². The third-order valence-electron chi connectivity index (χ3n) is 5.48. The van der Waals surface area contributed by atoms with Crippen LogP contribution in [0.5, 0.6) is 0 Å². The lowest BCUT2D eigenvalue weighted by molar-refractivity contribution is 0.113. The molecule has 1 aromatic heterocycles.